The number of carboxylic acid groups (broad SMARTS) is 1. The molecule has 1 amide bonds. The molecule has 0 bridgehead atoms. The minimum absolute atomic E-state index is 0.00724. The third kappa shape index (κ3) is 5.30. The molecule has 7 heteroatoms. The van der Waals surface area contributed by atoms with E-state index in [1.165, 1.54) is 33.1 Å². The lowest BCUT2D eigenvalue weighted by atomic mass is 9.94. The third-order valence-corrected chi connectivity index (χ3v) is 3.60. The van der Waals surface area contributed by atoms with Crippen molar-refractivity contribution in [2.45, 2.75) is 27.7 Å². The van der Waals surface area contributed by atoms with Gasteiger partial charge in [0, 0.05) is 12.1 Å². The molecule has 0 heterocycles. The lowest BCUT2D eigenvalue weighted by molar-refractivity contribution is -0.146. The number of hydrogen-bond donors (Lipinski definition) is 2. The third-order valence-electron chi connectivity index (χ3n) is 3.32. The van der Waals surface area contributed by atoms with E-state index in [0.29, 0.717) is 24.0 Å². The predicted molar refractivity (Wildman–Crippen MR) is 92.1 cm³/mol. The molecule has 0 aliphatic heterocycles. The van der Waals surface area contributed by atoms with E-state index in [1.807, 2.05) is 13.8 Å². The number of carbonyl (C=O) groups is 2. The van der Waals surface area contributed by atoms with Crippen molar-refractivity contribution < 1.29 is 24.2 Å². The average Bonchev–Trinajstić information content (AvgIpc) is 2.50. The fourth-order valence-electron chi connectivity index (χ4n) is 1.72. The van der Waals surface area contributed by atoms with E-state index in [2.05, 4.69) is 5.32 Å². The molecule has 0 unspecified atom stereocenters. The lowest BCUT2D eigenvalue weighted by Crippen LogP contribution is -2.38. The van der Waals surface area contributed by atoms with Crippen molar-refractivity contribution in [1.29, 1.82) is 0 Å². The van der Waals surface area contributed by atoms with Gasteiger partial charge in [-0.05, 0) is 31.9 Å². The maximum Gasteiger partial charge on any atom is 0.310 e. The molecule has 24 heavy (non-hydrogen) atoms. The first-order chi connectivity index (χ1) is 11.1. The smallest absolute Gasteiger partial charge is 0.310 e. The first-order valence-corrected chi connectivity index (χ1v) is 7.98. The molecule has 2 N–H and O–H groups in total. The number of carboxylic acids is 1. The maximum absolute atomic E-state index is 12.3. The van der Waals surface area contributed by atoms with E-state index < -0.39 is 17.3 Å². The molecular weight excluding hydrogens is 334 g/mol. The number of nitrogens with one attached hydrogen (secondary N) is 1. The van der Waals surface area contributed by atoms with Crippen LogP contribution >= 0.6 is 11.6 Å². The predicted octanol–water partition coefficient (Wildman–Crippen LogP) is 3.22. The Morgan fingerprint density at radius 2 is 1.96 bits per heavy atom. The number of ether oxygens (including phenoxy) is 2. The van der Waals surface area contributed by atoms with Crippen molar-refractivity contribution in [2.24, 2.45) is 11.3 Å². The molecule has 1 rings (SSSR count). The number of rotatable bonds is 8. The second-order valence-electron chi connectivity index (χ2n) is 6.57. The minimum atomic E-state index is -1.07. The van der Waals surface area contributed by atoms with Crippen molar-refractivity contribution in [1.82, 2.24) is 5.32 Å². The monoisotopic (exact) mass is 357 g/mol. The highest BCUT2D eigenvalue weighted by Crippen LogP contribution is 2.36. The fraction of sp³-hybridized carbons (Fsp3) is 0.529. The Labute approximate surface area is 147 Å². The highest BCUT2D eigenvalue weighted by molar-refractivity contribution is 6.32. The molecule has 1 aromatic rings. The van der Waals surface area contributed by atoms with Crippen LogP contribution in [-0.4, -0.2) is 37.2 Å². The summed E-state index contributed by atoms with van der Waals surface area (Å²) in [5.41, 5.74) is -0.793. The van der Waals surface area contributed by atoms with Gasteiger partial charge in [-0.2, -0.15) is 0 Å². The number of halogens is 1. The Morgan fingerprint density at radius 1 is 1.33 bits per heavy atom. The van der Waals surface area contributed by atoms with Crippen LogP contribution in [0.5, 0.6) is 11.5 Å². The van der Waals surface area contributed by atoms with E-state index in [1.54, 1.807) is 0 Å². The Morgan fingerprint density at radius 3 is 2.46 bits per heavy atom. The molecule has 1 aromatic carbocycles. The Hall–Kier alpha value is -1.95. The highest BCUT2D eigenvalue weighted by Gasteiger charge is 2.28. The summed E-state index contributed by atoms with van der Waals surface area (Å²) in [5.74, 6) is -0.371. The summed E-state index contributed by atoms with van der Waals surface area (Å²) in [6, 6.07) is 2.99. The van der Waals surface area contributed by atoms with Crippen LogP contribution in [0.4, 0.5) is 0 Å². The molecule has 0 saturated heterocycles. The standard InChI is InChI=1S/C17H24ClNO5/c1-10(2)8-24-14-12(18)6-11(7-13(14)23-5)15(20)19-9-17(3,4)16(21)22/h6-7,10H,8-9H2,1-5H3,(H,19,20)(H,21,22). The van der Waals surface area contributed by atoms with E-state index in [9.17, 15) is 9.59 Å². The van der Waals surface area contributed by atoms with Gasteiger partial charge in [0.25, 0.3) is 5.91 Å². The molecule has 0 saturated carbocycles. The van der Waals surface area contributed by atoms with Gasteiger partial charge in [0.2, 0.25) is 0 Å². The summed E-state index contributed by atoms with van der Waals surface area (Å²) in [7, 11) is 1.46. The second-order valence-corrected chi connectivity index (χ2v) is 6.97. The number of hydrogen-bond acceptors (Lipinski definition) is 4. The van der Waals surface area contributed by atoms with Crippen molar-refractivity contribution in [3.05, 3.63) is 22.7 Å². The number of aliphatic carboxylic acids is 1. The zero-order valence-corrected chi connectivity index (χ0v) is 15.4. The number of amides is 1. The van der Waals surface area contributed by atoms with Gasteiger partial charge in [-0.15, -0.1) is 0 Å². The van der Waals surface area contributed by atoms with Crippen LogP contribution in [0.25, 0.3) is 0 Å². The summed E-state index contributed by atoms with van der Waals surface area (Å²) < 4.78 is 10.9. The Kier molecular flexibility index (Phi) is 6.90. The van der Waals surface area contributed by atoms with Crippen molar-refractivity contribution >= 4 is 23.5 Å². The van der Waals surface area contributed by atoms with E-state index >= 15 is 0 Å². The van der Waals surface area contributed by atoms with Gasteiger partial charge in [0.1, 0.15) is 0 Å². The largest absolute Gasteiger partial charge is 0.493 e. The minimum Gasteiger partial charge on any atom is -0.493 e. The number of methoxy groups -OCH3 is 1. The first kappa shape index (κ1) is 20.1. The quantitative estimate of drug-likeness (QED) is 0.746. The summed E-state index contributed by atoms with van der Waals surface area (Å²) in [4.78, 5) is 23.3. The molecule has 0 fully saturated rings. The molecule has 0 spiro atoms. The lowest BCUT2D eigenvalue weighted by Gasteiger charge is -2.20. The van der Waals surface area contributed by atoms with E-state index in [4.69, 9.17) is 26.2 Å². The normalized spacial score (nSPS) is 11.3. The van der Waals surface area contributed by atoms with Crippen molar-refractivity contribution in [3.63, 3.8) is 0 Å². The molecule has 0 radical (unpaired) electrons. The number of carbonyl (C=O) groups excluding carboxylic acids is 1. The number of benzene rings is 1. The highest BCUT2D eigenvalue weighted by atomic mass is 35.5. The molecule has 0 atom stereocenters. The SMILES string of the molecule is COc1cc(C(=O)NCC(C)(C)C(=O)O)cc(Cl)c1OCC(C)C. The van der Waals surface area contributed by atoms with Crippen LogP contribution in [-0.2, 0) is 4.79 Å². The van der Waals surface area contributed by atoms with Crippen LogP contribution in [0, 0.1) is 11.3 Å². The van der Waals surface area contributed by atoms with Gasteiger partial charge in [-0.3, -0.25) is 9.59 Å². The summed E-state index contributed by atoms with van der Waals surface area (Å²) in [6.45, 7) is 7.54. The Bertz CT molecular complexity index is 613. The zero-order valence-electron chi connectivity index (χ0n) is 14.6. The zero-order chi connectivity index (χ0) is 18.5. The average molecular weight is 358 g/mol. The molecule has 6 nitrogen and oxygen atoms in total. The molecular formula is C17H24ClNO5. The summed E-state index contributed by atoms with van der Waals surface area (Å²) >= 11 is 6.20. The van der Waals surface area contributed by atoms with Gasteiger partial charge in [0.05, 0.1) is 24.2 Å². The maximum atomic E-state index is 12.3. The molecule has 0 aromatic heterocycles. The van der Waals surface area contributed by atoms with Crippen LogP contribution in [0.3, 0.4) is 0 Å². The van der Waals surface area contributed by atoms with E-state index in [0.717, 1.165) is 0 Å². The van der Waals surface area contributed by atoms with Crippen LogP contribution in [0.1, 0.15) is 38.1 Å². The van der Waals surface area contributed by atoms with Gasteiger partial charge in [0.15, 0.2) is 11.5 Å². The van der Waals surface area contributed by atoms with Gasteiger partial charge >= 0.3 is 5.97 Å². The van der Waals surface area contributed by atoms with E-state index in [-0.39, 0.29) is 17.1 Å². The van der Waals surface area contributed by atoms with Crippen molar-refractivity contribution in [3.8, 4) is 11.5 Å². The second kappa shape index (κ2) is 8.24. The van der Waals surface area contributed by atoms with Crippen LogP contribution in [0.15, 0.2) is 12.1 Å². The summed E-state index contributed by atoms with van der Waals surface area (Å²) in [6.07, 6.45) is 0. The molecule has 0 aliphatic carbocycles. The van der Waals surface area contributed by atoms with Gasteiger partial charge in [-0.25, -0.2) is 0 Å². The van der Waals surface area contributed by atoms with Gasteiger partial charge < -0.3 is 19.9 Å². The van der Waals surface area contributed by atoms with Crippen LogP contribution in [0.2, 0.25) is 5.02 Å². The molecule has 134 valence electrons. The summed E-state index contributed by atoms with van der Waals surface area (Å²) in [5, 5.41) is 11.9. The topological polar surface area (TPSA) is 84.9 Å². The fourth-order valence-corrected chi connectivity index (χ4v) is 1.99. The van der Waals surface area contributed by atoms with Crippen molar-refractivity contribution in [2.75, 3.05) is 20.3 Å². The first-order valence-electron chi connectivity index (χ1n) is 7.60. The molecule has 0 aliphatic rings. The Balaban J connectivity index is 2.95. The van der Waals surface area contributed by atoms with Crippen LogP contribution < -0.4 is 14.8 Å². The van der Waals surface area contributed by atoms with Gasteiger partial charge in [-0.1, -0.05) is 25.4 Å².